The van der Waals surface area contributed by atoms with E-state index in [0.29, 0.717) is 17.1 Å². The minimum atomic E-state index is -0.435. The summed E-state index contributed by atoms with van der Waals surface area (Å²) >= 11 is 1.28. The highest BCUT2D eigenvalue weighted by atomic mass is 32.2. The third-order valence-corrected chi connectivity index (χ3v) is 4.91. The van der Waals surface area contributed by atoms with Gasteiger partial charge >= 0.3 is 0 Å². The quantitative estimate of drug-likeness (QED) is 0.724. The van der Waals surface area contributed by atoms with Crippen molar-refractivity contribution in [3.05, 3.63) is 53.2 Å². The molecular formula is C20H20N4OS. The summed E-state index contributed by atoms with van der Waals surface area (Å²) in [6.45, 7) is 5.87. The highest BCUT2D eigenvalue weighted by molar-refractivity contribution is 8.00. The molecule has 1 atom stereocenters. The number of anilines is 1. The number of benzene rings is 1. The van der Waals surface area contributed by atoms with Gasteiger partial charge in [0, 0.05) is 17.9 Å². The minimum Gasteiger partial charge on any atom is -0.310 e. The zero-order chi connectivity index (χ0) is 19.1. The second-order valence-electron chi connectivity index (χ2n) is 5.87. The Kier molecular flexibility index (Phi) is 6.77. The van der Waals surface area contributed by atoms with Crippen LogP contribution in [0.3, 0.4) is 0 Å². The number of para-hydroxylation sites is 1. The summed E-state index contributed by atoms with van der Waals surface area (Å²) in [5.41, 5.74) is 2.93. The zero-order valence-electron chi connectivity index (χ0n) is 15.1. The lowest BCUT2D eigenvalue weighted by Gasteiger charge is -2.25. The van der Waals surface area contributed by atoms with E-state index in [2.05, 4.69) is 17.1 Å². The molecule has 0 spiro atoms. The number of carbonyl (C=O) groups is 1. The highest BCUT2D eigenvalue weighted by Crippen LogP contribution is 2.29. The monoisotopic (exact) mass is 364 g/mol. The number of hydrogen-bond acceptors (Lipinski definition) is 5. The first-order valence-electron chi connectivity index (χ1n) is 8.26. The van der Waals surface area contributed by atoms with Crippen molar-refractivity contribution in [3.63, 3.8) is 0 Å². The summed E-state index contributed by atoms with van der Waals surface area (Å²) in [5.74, 6) is -0.110. The van der Waals surface area contributed by atoms with Crippen molar-refractivity contribution in [2.24, 2.45) is 0 Å². The van der Waals surface area contributed by atoms with Gasteiger partial charge in [0.15, 0.2) is 0 Å². The van der Waals surface area contributed by atoms with Gasteiger partial charge in [-0.05, 0) is 44.5 Å². The highest BCUT2D eigenvalue weighted by Gasteiger charge is 2.24. The van der Waals surface area contributed by atoms with Gasteiger partial charge in [-0.15, -0.1) is 0 Å². The number of amides is 1. The van der Waals surface area contributed by atoms with Crippen LogP contribution in [0, 0.1) is 36.5 Å². The van der Waals surface area contributed by atoms with Gasteiger partial charge in [-0.2, -0.15) is 10.5 Å². The number of nitrogens with zero attached hydrogens (tertiary/aromatic N) is 4. The van der Waals surface area contributed by atoms with Crippen molar-refractivity contribution in [1.82, 2.24) is 4.98 Å². The standard InChI is InChI=1S/C20H20N4OS/c1-14-12-15(2)23-19(18(14)13-22)26-16(3)20(25)24(11-7-10-21)17-8-5-4-6-9-17/h4-6,8-9,12,16H,7,11H2,1-3H3/t16-/m1/s1. The van der Waals surface area contributed by atoms with Crippen molar-refractivity contribution < 1.29 is 4.79 Å². The van der Waals surface area contributed by atoms with E-state index in [1.54, 1.807) is 11.8 Å². The number of thioether (sulfide) groups is 1. The van der Waals surface area contributed by atoms with Crippen LogP contribution in [0.4, 0.5) is 5.69 Å². The number of hydrogen-bond donors (Lipinski definition) is 0. The smallest absolute Gasteiger partial charge is 0.240 e. The third-order valence-electron chi connectivity index (χ3n) is 3.84. The molecule has 1 amide bonds. The molecule has 1 aromatic heterocycles. The molecule has 0 radical (unpaired) electrons. The average molecular weight is 364 g/mol. The number of aryl methyl sites for hydroxylation is 2. The average Bonchev–Trinajstić information content (AvgIpc) is 2.62. The van der Waals surface area contributed by atoms with Gasteiger partial charge in [0.05, 0.1) is 23.3 Å². The molecule has 132 valence electrons. The predicted molar refractivity (Wildman–Crippen MR) is 103 cm³/mol. The van der Waals surface area contributed by atoms with E-state index < -0.39 is 5.25 Å². The molecular weight excluding hydrogens is 344 g/mol. The van der Waals surface area contributed by atoms with Crippen LogP contribution in [0.15, 0.2) is 41.4 Å². The lowest BCUT2D eigenvalue weighted by molar-refractivity contribution is -0.117. The van der Waals surface area contributed by atoms with Gasteiger partial charge in [0.1, 0.15) is 11.1 Å². The maximum Gasteiger partial charge on any atom is 0.240 e. The van der Waals surface area contributed by atoms with Crippen LogP contribution in [-0.4, -0.2) is 22.7 Å². The number of rotatable bonds is 6. The fourth-order valence-corrected chi connectivity index (χ4v) is 3.68. The minimum absolute atomic E-state index is 0.110. The molecule has 6 heteroatoms. The molecule has 26 heavy (non-hydrogen) atoms. The van der Waals surface area contributed by atoms with Crippen molar-refractivity contribution in [2.75, 3.05) is 11.4 Å². The summed E-state index contributed by atoms with van der Waals surface area (Å²) < 4.78 is 0. The van der Waals surface area contributed by atoms with E-state index in [1.165, 1.54) is 11.8 Å². The Hall–Kier alpha value is -2.83. The van der Waals surface area contributed by atoms with Crippen LogP contribution >= 0.6 is 11.8 Å². The molecule has 0 bridgehead atoms. The predicted octanol–water partition coefficient (Wildman–Crippen LogP) is 4.00. The number of carbonyl (C=O) groups excluding carboxylic acids is 1. The molecule has 0 aliphatic rings. The Labute approximate surface area is 158 Å². The molecule has 0 saturated heterocycles. The Bertz CT molecular complexity index is 868. The van der Waals surface area contributed by atoms with E-state index in [4.69, 9.17) is 5.26 Å². The summed E-state index contributed by atoms with van der Waals surface area (Å²) in [6.07, 6.45) is 0.253. The first-order chi connectivity index (χ1) is 12.5. The third kappa shape index (κ3) is 4.62. The van der Waals surface area contributed by atoms with Gasteiger partial charge in [-0.3, -0.25) is 4.79 Å². The Morgan fingerprint density at radius 3 is 2.58 bits per heavy atom. The van der Waals surface area contributed by atoms with E-state index in [0.717, 1.165) is 16.9 Å². The lowest BCUT2D eigenvalue weighted by atomic mass is 10.1. The van der Waals surface area contributed by atoms with E-state index in [1.807, 2.05) is 50.2 Å². The molecule has 0 N–H and O–H groups in total. The summed E-state index contributed by atoms with van der Waals surface area (Å²) in [6, 6.07) is 15.4. The van der Waals surface area contributed by atoms with Gasteiger partial charge in [0.2, 0.25) is 5.91 Å². The van der Waals surface area contributed by atoms with Crippen LogP contribution in [0.2, 0.25) is 0 Å². The molecule has 0 saturated carbocycles. The normalized spacial score (nSPS) is 11.3. The number of pyridine rings is 1. The molecule has 0 unspecified atom stereocenters. The largest absolute Gasteiger partial charge is 0.310 e. The first-order valence-corrected chi connectivity index (χ1v) is 9.14. The van der Waals surface area contributed by atoms with Gasteiger partial charge in [-0.25, -0.2) is 4.98 Å². The molecule has 2 aromatic rings. The van der Waals surface area contributed by atoms with Crippen molar-refractivity contribution in [2.45, 2.75) is 37.5 Å². The number of aromatic nitrogens is 1. The second kappa shape index (κ2) is 9.03. The number of nitriles is 2. The fourth-order valence-electron chi connectivity index (χ4n) is 2.60. The maximum atomic E-state index is 13.0. The van der Waals surface area contributed by atoms with Crippen LogP contribution in [-0.2, 0) is 4.79 Å². The van der Waals surface area contributed by atoms with Crippen LogP contribution in [0.1, 0.15) is 30.2 Å². The van der Waals surface area contributed by atoms with E-state index in [-0.39, 0.29) is 12.3 Å². The zero-order valence-corrected chi connectivity index (χ0v) is 15.9. The van der Waals surface area contributed by atoms with E-state index in [9.17, 15) is 10.1 Å². The van der Waals surface area contributed by atoms with Gasteiger partial charge in [-0.1, -0.05) is 30.0 Å². The summed E-state index contributed by atoms with van der Waals surface area (Å²) in [7, 11) is 0. The molecule has 0 fully saturated rings. The maximum absolute atomic E-state index is 13.0. The Morgan fingerprint density at radius 1 is 1.27 bits per heavy atom. The van der Waals surface area contributed by atoms with Crippen molar-refractivity contribution in [3.8, 4) is 12.1 Å². The molecule has 0 aliphatic heterocycles. The Morgan fingerprint density at radius 2 is 1.96 bits per heavy atom. The van der Waals surface area contributed by atoms with Crippen LogP contribution in [0.25, 0.3) is 0 Å². The molecule has 1 heterocycles. The molecule has 5 nitrogen and oxygen atoms in total. The SMILES string of the molecule is Cc1cc(C)c(C#N)c(S[C@H](C)C(=O)N(CCC#N)c2ccccc2)n1. The van der Waals surface area contributed by atoms with Crippen molar-refractivity contribution >= 4 is 23.4 Å². The van der Waals surface area contributed by atoms with Crippen molar-refractivity contribution in [1.29, 1.82) is 10.5 Å². The second-order valence-corrected chi connectivity index (χ2v) is 7.20. The topological polar surface area (TPSA) is 80.8 Å². The molecule has 1 aromatic carbocycles. The fraction of sp³-hybridized carbons (Fsp3) is 0.300. The van der Waals surface area contributed by atoms with Gasteiger partial charge < -0.3 is 4.90 Å². The Balaban J connectivity index is 2.27. The molecule has 2 rings (SSSR count). The van der Waals surface area contributed by atoms with E-state index >= 15 is 0 Å². The lowest BCUT2D eigenvalue weighted by Crippen LogP contribution is -2.37. The summed E-state index contributed by atoms with van der Waals surface area (Å²) in [5, 5.41) is 18.5. The first kappa shape index (κ1) is 19.5. The van der Waals surface area contributed by atoms with Crippen LogP contribution in [0.5, 0.6) is 0 Å². The summed E-state index contributed by atoms with van der Waals surface area (Å²) in [4.78, 5) is 19.1. The molecule has 0 aliphatic carbocycles. The van der Waals surface area contributed by atoms with Crippen LogP contribution < -0.4 is 4.90 Å². The van der Waals surface area contributed by atoms with Gasteiger partial charge in [0.25, 0.3) is 0 Å².